The van der Waals surface area contributed by atoms with Crippen molar-refractivity contribution in [3.8, 4) is 0 Å². The molecule has 1 amide bonds. The van der Waals surface area contributed by atoms with Gasteiger partial charge in [-0.1, -0.05) is 34.1 Å². The second-order valence-corrected chi connectivity index (χ2v) is 4.73. The highest BCUT2D eigenvalue weighted by Gasteiger charge is 2.17. The van der Waals surface area contributed by atoms with E-state index in [1.165, 1.54) is 0 Å². The zero-order chi connectivity index (χ0) is 12.6. The predicted molar refractivity (Wildman–Crippen MR) is 69.5 cm³/mol. The molecule has 0 bridgehead atoms. The molecule has 0 spiro atoms. The first kappa shape index (κ1) is 15.4. The summed E-state index contributed by atoms with van der Waals surface area (Å²) in [6, 6.07) is 0.724. The van der Waals surface area contributed by atoms with E-state index in [0.717, 1.165) is 25.8 Å². The molecule has 1 atom stereocenters. The molecule has 0 rings (SSSR count). The van der Waals surface area contributed by atoms with Gasteiger partial charge in [-0.3, -0.25) is 4.79 Å². The lowest BCUT2D eigenvalue weighted by atomic mass is 10.2. The lowest BCUT2D eigenvalue weighted by Crippen LogP contribution is -2.44. The monoisotopic (exact) mass is 228 g/mol. The van der Waals surface area contributed by atoms with Crippen LogP contribution in [0.25, 0.3) is 0 Å². The smallest absolute Gasteiger partial charge is 0.236 e. The summed E-state index contributed by atoms with van der Waals surface area (Å²) in [5, 5.41) is 3.19. The van der Waals surface area contributed by atoms with Gasteiger partial charge < -0.3 is 10.2 Å². The summed E-state index contributed by atoms with van der Waals surface area (Å²) in [7, 11) is 0. The van der Waals surface area contributed by atoms with Crippen LogP contribution in [-0.2, 0) is 4.79 Å². The lowest BCUT2D eigenvalue weighted by molar-refractivity contribution is -0.132. The van der Waals surface area contributed by atoms with Crippen LogP contribution < -0.4 is 5.32 Å². The number of nitrogens with one attached hydrogen (secondary N) is 1. The first-order valence-electron chi connectivity index (χ1n) is 6.55. The normalized spacial score (nSPS) is 12.9. The minimum absolute atomic E-state index is 0.233. The van der Waals surface area contributed by atoms with Gasteiger partial charge in [-0.25, -0.2) is 0 Å². The van der Waals surface area contributed by atoms with E-state index in [9.17, 15) is 4.79 Å². The van der Waals surface area contributed by atoms with Gasteiger partial charge in [0.1, 0.15) is 0 Å². The highest BCUT2D eigenvalue weighted by Crippen LogP contribution is 2.06. The molecule has 0 aromatic rings. The van der Waals surface area contributed by atoms with Crippen molar-refractivity contribution >= 4 is 5.91 Å². The summed E-state index contributed by atoms with van der Waals surface area (Å²) in [4.78, 5) is 14.0. The van der Waals surface area contributed by atoms with Crippen LogP contribution in [-0.4, -0.2) is 36.0 Å². The van der Waals surface area contributed by atoms with Crippen molar-refractivity contribution < 1.29 is 4.79 Å². The van der Waals surface area contributed by atoms with Crippen LogP contribution in [0.4, 0.5) is 0 Å². The Kier molecular flexibility index (Phi) is 8.26. The van der Waals surface area contributed by atoms with Gasteiger partial charge in [-0.05, 0) is 19.8 Å². The molecular formula is C13H28N2O. The molecule has 0 aliphatic rings. The van der Waals surface area contributed by atoms with E-state index in [1.54, 1.807) is 0 Å². The van der Waals surface area contributed by atoms with Crippen molar-refractivity contribution in [2.75, 3.05) is 13.1 Å². The van der Waals surface area contributed by atoms with Crippen molar-refractivity contribution in [1.29, 1.82) is 0 Å². The maximum absolute atomic E-state index is 12.0. The number of unbranched alkanes of at least 4 members (excludes halogenated alkanes) is 1. The Labute approximate surface area is 101 Å². The summed E-state index contributed by atoms with van der Waals surface area (Å²) >= 11 is 0. The van der Waals surface area contributed by atoms with E-state index in [4.69, 9.17) is 0 Å². The van der Waals surface area contributed by atoms with Crippen LogP contribution >= 0.6 is 0 Å². The number of rotatable bonds is 8. The Morgan fingerprint density at radius 2 is 1.88 bits per heavy atom. The van der Waals surface area contributed by atoms with E-state index in [2.05, 4.69) is 39.9 Å². The standard InChI is InChI=1S/C13H28N2O/c1-6-8-9-15(12(5)7-2)13(16)10-14-11(3)4/h11-12,14H,6-10H2,1-5H3. The molecule has 1 N–H and O–H groups in total. The second kappa shape index (κ2) is 8.57. The molecule has 1 unspecified atom stereocenters. The molecule has 16 heavy (non-hydrogen) atoms. The number of hydrogen-bond acceptors (Lipinski definition) is 2. The third-order valence-electron chi connectivity index (χ3n) is 2.86. The average molecular weight is 228 g/mol. The molecule has 0 saturated heterocycles. The predicted octanol–water partition coefficient (Wildman–Crippen LogP) is 2.41. The number of hydrogen-bond donors (Lipinski definition) is 1. The van der Waals surface area contributed by atoms with Gasteiger partial charge in [0.25, 0.3) is 0 Å². The van der Waals surface area contributed by atoms with Crippen molar-refractivity contribution in [1.82, 2.24) is 10.2 Å². The van der Waals surface area contributed by atoms with Gasteiger partial charge in [-0.2, -0.15) is 0 Å². The molecule has 3 heteroatoms. The first-order chi connectivity index (χ1) is 7.52. The summed E-state index contributed by atoms with van der Waals surface area (Å²) in [5.41, 5.74) is 0. The molecule has 0 aliphatic heterocycles. The van der Waals surface area contributed by atoms with Crippen LogP contribution in [0.1, 0.15) is 53.9 Å². The summed E-state index contributed by atoms with van der Waals surface area (Å²) < 4.78 is 0. The molecule has 0 aliphatic carbocycles. The van der Waals surface area contributed by atoms with Gasteiger partial charge in [0.05, 0.1) is 6.54 Å². The molecular weight excluding hydrogens is 200 g/mol. The van der Waals surface area contributed by atoms with E-state index in [1.807, 2.05) is 4.90 Å². The van der Waals surface area contributed by atoms with Crippen LogP contribution in [0.5, 0.6) is 0 Å². The third kappa shape index (κ3) is 6.11. The fourth-order valence-corrected chi connectivity index (χ4v) is 1.53. The van der Waals surface area contributed by atoms with Crippen LogP contribution in [0, 0.1) is 0 Å². The minimum atomic E-state index is 0.233. The Hall–Kier alpha value is -0.570. The molecule has 0 radical (unpaired) electrons. The van der Waals surface area contributed by atoms with Crippen LogP contribution in [0.2, 0.25) is 0 Å². The Morgan fingerprint density at radius 3 is 2.31 bits per heavy atom. The number of carbonyl (C=O) groups is 1. The van der Waals surface area contributed by atoms with Crippen molar-refractivity contribution in [3.05, 3.63) is 0 Å². The molecule has 96 valence electrons. The maximum atomic E-state index is 12.0. The zero-order valence-electron chi connectivity index (χ0n) is 11.5. The van der Waals surface area contributed by atoms with Gasteiger partial charge >= 0.3 is 0 Å². The van der Waals surface area contributed by atoms with E-state index in [0.29, 0.717) is 18.6 Å². The van der Waals surface area contributed by atoms with E-state index in [-0.39, 0.29) is 5.91 Å². The van der Waals surface area contributed by atoms with Gasteiger partial charge in [0, 0.05) is 18.6 Å². The van der Waals surface area contributed by atoms with Crippen LogP contribution in [0.3, 0.4) is 0 Å². The summed E-state index contributed by atoms with van der Waals surface area (Å²) in [5.74, 6) is 0.233. The fraction of sp³-hybridized carbons (Fsp3) is 0.923. The minimum Gasteiger partial charge on any atom is -0.339 e. The van der Waals surface area contributed by atoms with Gasteiger partial charge in [-0.15, -0.1) is 0 Å². The molecule has 0 saturated carbocycles. The lowest BCUT2D eigenvalue weighted by Gasteiger charge is -2.29. The Bertz CT molecular complexity index is 192. The van der Waals surface area contributed by atoms with Crippen molar-refractivity contribution in [2.24, 2.45) is 0 Å². The van der Waals surface area contributed by atoms with Crippen molar-refractivity contribution in [3.63, 3.8) is 0 Å². The van der Waals surface area contributed by atoms with Gasteiger partial charge in [0.15, 0.2) is 0 Å². The molecule has 0 fully saturated rings. The number of amides is 1. The third-order valence-corrected chi connectivity index (χ3v) is 2.86. The van der Waals surface area contributed by atoms with E-state index < -0.39 is 0 Å². The quantitative estimate of drug-likeness (QED) is 0.692. The molecule has 3 nitrogen and oxygen atoms in total. The van der Waals surface area contributed by atoms with E-state index >= 15 is 0 Å². The average Bonchev–Trinajstić information content (AvgIpc) is 2.26. The molecule has 0 aromatic heterocycles. The SMILES string of the molecule is CCCCN(C(=O)CNC(C)C)C(C)CC. The highest BCUT2D eigenvalue weighted by molar-refractivity contribution is 5.78. The number of nitrogens with zero attached hydrogens (tertiary/aromatic N) is 1. The number of carbonyl (C=O) groups excluding carboxylic acids is 1. The Balaban J connectivity index is 4.20. The molecule has 0 aromatic carbocycles. The first-order valence-corrected chi connectivity index (χ1v) is 6.55. The van der Waals surface area contributed by atoms with Gasteiger partial charge in [0.2, 0.25) is 5.91 Å². The second-order valence-electron chi connectivity index (χ2n) is 4.73. The Morgan fingerprint density at radius 1 is 1.25 bits per heavy atom. The topological polar surface area (TPSA) is 32.3 Å². The fourth-order valence-electron chi connectivity index (χ4n) is 1.53. The van der Waals surface area contributed by atoms with Crippen molar-refractivity contribution in [2.45, 2.75) is 66.0 Å². The van der Waals surface area contributed by atoms with Crippen LogP contribution in [0.15, 0.2) is 0 Å². The summed E-state index contributed by atoms with van der Waals surface area (Å²) in [6.07, 6.45) is 3.26. The maximum Gasteiger partial charge on any atom is 0.236 e. The highest BCUT2D eigenvalue weighted by atomic mass is 16.2. The largest absolute Gasteiger partial charge is 0.339 e. The summed E-state index contributed by atoms with van der Waals surface area (Å²) in [6.45, 7) is 11.9. The zero-order valence-corrected chi connectivity index (χ0v) is 11.5. The molecule has 0 heterocycles.